The van der Waals surface area contributed by atoms with Crippen LogP contribution in [0.1, 0.15) is 5.69 Å². The van der Waals surface area contributed by atoms with Crippen LogP contribution in [0, 0.1) is 0 Å². The maximum atomic E-state index is 12.3. The van der Waals surface area contributed by atoms with Crippen LogP contribution in [0.2, 0.25) is 5.02 Å². The van der Waals surface area contributed by atoms with Crippen LogP contribution in [0.15, 0.2) is 24.5 Å². The van der Waals surface area contributed by atoms with Gasteiger partial charge >= 0.3 is 10.2 Å². The molecule has 0 atom stereocenters. The quantitative estimate of drug-likeness (QED) is 0.793. The molecule has 0 amide bonds. The predicted octanol–water partition coefficient (Wildman–Crippen LogP) is 1.83. The standard InChI is InChI=1S/C9H8ClFN2O2S/c10-7-1-2-9-12-8(6-13(9)5-7)3-4-16(11,14)15/h1-2,5-6H,3-4H2. The first-order valence-electron chi connectivity index (χ1n) is 4.49. The lowest BCUT2D eigenvalue weighted by Crippen LogP contribution is -2.02. The van der Waals surface area contributed by atoms with Crippen molar-refractivity contribution in [2.45, 2.75) is 6.42 Å². The second-order valence-electron chi connectivity index (χ2n) is 3.34. The van der Waals surface area contributed by atoms with Crippen molar-refractivity contribution in [3.05, 3.63) is 35.2 Å². The minimum Gasteiger partial charge on any atom is -0.305 e. The number of fused-ring (bicyclic) bond motifs is 1. The maximum absolute atomic E-state index is 12.3. The van der Waals surface area contributed by atoms with Crippen LogP contribution in [0.25, 0.3) is 5.65 Å². The largest absolute Gasteiger partial charge is 0.305 e. The Morgan fingerprint density at radius 1 is 1.38 bits per heavy atom. The fraction of sp³-hybridized carbons (Fsp3) is 0.222. The van der Waals surface area contributed by atoms with Gasteiger partial charge in [-0.05, 0) is 12.1 Å². The number of halogens is 2. The van der Waals surface area contributed by atoms with Gasteiger partial charge in [-0.2, -0.15) is 8.42 Å². The van der Waals surface area contributed by atoms with E-state index in [9.17, 15) is 12.3 Å². The molecule has 0 radical (unpaired) electrons. The van der Waals surface area contributed by atoms with Crippen molar-refractivity contribution < 1.29 is 12.3 Å². The first-order chi connectivity index (χ1) is 7.44. The number of hydrogen-bond acceptors (Lipinski definition) is 3. The fourth-order valence-corrected chi connectivity index (χ4v) is 1.99. The zero-order valence-electron chi connectivity index (χ0n) is 8.10. The molecule has 0 unspecified atom stereocenters. The van der Waals surface area contributed by atoms with Gasteiger partial charge in [-0.25, -0.2) is 4.98 Å². The maximum Gasteiger partial charge on any atom is 0.302 e. The Kier molecular flexibility index (Phi) is 2.86. The third-order valence-corrected chi connectivity index (χ3v) is 2.98. The van der Waals surface area contributed by atoms with E-state index in [1.165, 1.54) is 0 Å². The van der Waals surface area contributed by atoms with Gasteiger partial charge in [0, 0.05) is 18.8 Å². The van der Waals surface area contributed by atoms with Crippen molar-refractivity contribution in [1.82, 2.24) is 9.38 Å². The third kappa shape index (κ3) is 2.70. The first-order valence-corrected chi connectivity index (χ1v) is 6.42. The normalized spacial score (nSPS) is 12.1. The van der Waals surface area contributed by atoms with Crippen LogP contribution >= 0.6 is 11.6 Å². The Bertz CT molecular complexity index is 623. The molecule has 0 aliphatic rings. The molecular weight excluding hydrogens is 255 g/mol. The monoisotopic (exact) mass is 262 g/mol. The summed E-state index contributed by atoms with van der Waals surface area (Å²) in [6.45, 7) is 0. The summed E-state index contributed by atoms with van der Waals surface area (Å²) < 4.78 is 34.7. The smallest absolute Gasteiger partial charge is 0.302 e. The van der Waals surface area contributed by atoms with E-state index in [-0.39, 0.29) is 6.42 Å². The molecule has 2 rings (SSSR count). The Morgan fingerprint density at radius 2 is 2.12 bits per heavy atom. The highest BCUT2D eigenvalue weighted by molar-refractivity contribution is 7.86. The Morgan fingerprint density at radius 3 is 2.81 bits per heavy atom. The number of rotatable bonds is 3. The van der Waals surface area contributed by atoms with Gasteiger partial charge in [0.25, 0.3) is 0 Å². The molecule has 0 aromatic carbocycles. The van der Waals surface area contributed by atoms with Gasteiger partial charge in [0.15, 0.2) is 0 Å². The first kappa shape index (κ1) is 11.3. The summed E-state index contributed by atoms with van der Waals surface area (Å²) >= 11 is 5.77. The Hall–Kier alpha value is -1.14. The molecule has 0 saturated carbocycles. The van der Waals surface area contributed by atoms with Gasteiger partial charge in [0.1, 0.15) is 5.65 Å². The molecule has 0 saturated heterocycles. The molecule has 0 N–H and O–H groups in total. The van der Waals surface area contributed by atoms with Crippen molar-refractivity contribution in [2.75, 3.05) is 5.75 Å². The summed E-state index contributed by atoms with van der Waals surface area (Å²) in [6.07, 6.45) is 3.34. The molecule has 7 heteroatoms. The highest BCUT2D eigenvalue weighted by atomic mass is 35.5. The van der Waals surface area contributed by atoms with E-state index in [1.807, 2.05) is 0 Å². The molecule has 2 heterocycles. The second kappa shape index (κ2) is 4.03. The van der Waals surface area contributed by atoms with Crippen LogP contribution in [0.4, 0.5) is 3.89 Å². The SMILES string of the molecule is O=S(=O)(F)CCc1cn2cc(Cl)ccc2n1. The molecule has 4 nitrogen and oxygen atoms in total. The summed E-state index contributed by atoms with van der Waals surface area (Å²) in [5.74, 6) is -0.551. The predicted molar refractivity (Wildman–Crippen MR) is 58.8 cm³/mol. The van der Waals surface area contributed by atoms with E-state index >= 15 is 0 Å². The highest BCUT2D eigenvalue weighted by Gasteiger charge is 2.09. The topological polar surface area (TPSA) is 51.4 Å². The van der Waals surface area contributed by atoms with Crippen molar-refractivity contribution in [1.29, 1.82) is 0 Å². The van der Waals surface area contributed by atoms with E-state index < -0.39 is 16.0 Å². The van der Waals surface area contributed by atoms with Crippen LogP contribution in [-0.2, 0) is 16.6 Å². The van der Waals surface area contributed by atoms with Crippen LogP contribution in [0.3, 0.4) is 0 Å². The molecule has 2 aromatic rings. The van der Waals surface area contributed by atoms with Crippen molar-refractivity contribution in [3.8, 4) is 0 Å². The van der Waals surface area contributed by atoms with E-state index in [1.54, 1.807) is 28.9 Å². The number of nitrogens with zero attached hydrogens (tertiary/aromatic N) is 2. The van der Waals surface area contributed by atoms with E-state index in [4.69, 9.17) is 11.6 Å². The number of aromatic nitrogens is 2. The molecule has 0 aliphatic carbocycles. The Balaban J connectivity index is 2.26. The Labute approximate surface area is 96.9 Å². The molecule has 0 spiro atoms. The summed E-state index contributed by atoms with van der Waals surface area (Å²) in [5.41, 5.74) is 1.17. The summed E-state index contributed by atoms with van der Waals surface area (Å²) in [6, 6.07) is 3.38. The van der Waals surface area contributed by atoms with Crippen molar-refractivity contribution in [3.63, 3.8) is 0 Å². The van der Waals surface area contributed by atoms with Gasteiger partial charge in [-0.3, -0.25) is 0 Å². The number of hydrogen-bond donors (Lipinski definition) is 0. The van der Waals surface area contributed by atoms with Crippen molar-refractivity contribution in [2.24, 2.45) is 0 Å². The molecule has 0 bridgehead atoms. The minimum absolute atomic E-state index is 0.0537. The average molecular weight is 263 g/mol. The lowest BCUT2D eigenvalue weighted by atomic mass is 10.4. The van der Waals surface area contributed by atoms with E-state index in [2.05, 4.69) is 4.98 Å². The lowest BCUT2D eigenvalue weighted by molar-refractivity contribution is 0.551. The van der Waals surface area contributed by atoms with Gasteiger partial charge < -0.3 is 4.40 Å². The average Bonchev–Trinajstić information content (AvgIpc) is 2.55. The zero-order valence-corrected chi connectivity index (χ0v) is 9.67. The zero-order chi connectivity index (χ0) is 11.8. The van der Waals surface area contributed by atoms with Crippen LogP contribution in [-0.4, -0.2) is 23.6 Å². The van der Waals surface area contributed by atoms with Gasteiger partial charge in [-0.15, -0.1) is 3.89 Å². The number of aryl methyl sites for hydroxylation is 1. The molecular formula is C9H8ClFN2O2S. The molecule has 0 fully saturated rings. The van der Waals surface area contributed by atoms with Crippen molar-refractivity contribution >= 4 is 27.5 Å². The molecule has 16 heavy (non-hydrogen) atoms. The number of imidazole rings is 1. The van der Waals surface area contributed by atoms with E-state index in [0.29, 0.717) is 16.4 Å². The second-order valence-corrected chi connectivity index (χ2v) is 5.26. The molecule has 2 aromatic heterocycles. The summed E-state index contributed by atoms with van der Waals surface area (Å²) in [5, 5.41) is 0.551. The van der Waals surface area contributed by atoms with Gasteiger partial charge in [0.2, 0.25) is 0 Å². The lowest BCUT2D eigenvalue weighted by Gasteiger charge is -1.91. The fourth-order valence-electron chi connectivity index (χ4n) is 1.36. The highest BCUT2D eigenvalue weighted by Crippen LogP contribution is 2.12. The third-order valence-electron chi connectivity index (χ3n) is 2.07. The van der Waals surface area contributed by atoms with Crippen LogP contribution in [0.5, 0.6) is 0 Å². The molecule has 86 valence electrons. The minimum atomic E-state index is -4.44. The summed E-state index contributed by atoms with van der Waals surface area (Å²) in [7, 11) is -4.44. The van der Waals surface area contributed by atoms with Gasteiger partial charge in [-0.1, -0.05) is 11.6 Å². The van der Waals surface area contributed by atoms with Gasteiger partial charge in [0.05, 0.1) is 16.5 Å². The number of pyridine rings is 1. The van der Waals surface area contributed by atoms with Crippen LogP contribution < -0.4 is 0 Å². The van der Waals surface area contributed by atoms with E-state index in [0.717, 1.165) is 0 Å². The molecule has 0 aliphatic heterocycles. The summed E-state index contributed by atoms with van der Waals surface area (Å²) in [4.78, 5) is 4.13.